The molecule has 1 amide bonds. The molecule has 4 heterocycles. The summed E-state index contributed by atoms with van der Waals surface area (Å²) in [6.45, 7) is 4.43. The fourth-order valence-electron chi connectivity index (χ4n) is 4.65. The number of ketones is 1. The lowest BCUT2D eigenvalue weighted by Crippen LogP contribution is -2.31. The van der Waals surface area contributed by atoms with Crippen molar-refractivity contribution in [2.24, 2.45) is 0 Å². The van der Waals surface area contributed by atoms with Gasteiger partial charge in [-0.15, -0.1) is 0 Å². The number of aliphatic hydroxyl groups is 1. The van der Waals surface area contributed by atoms with E-state index in [2.05, 4.69) is 9.97 Å². The number of aryl methyl sites for hydroxylation is 3. The predicted molar refractivity (Wildman–Crippen MR) is 127 cm³/mol. The van der Waals surface area contributed by atoms with Gasteiger partial charge in [0.05, 0.1) is 23.6 Å². The second-order valence-corrected chi connectivity index (χ2v) is 8.60. The van der Waals surface area contributed by atoms with E-state index in [4.69, 9.17) is 0 Å². The van der Waals surface area contributed by atoms with Crippen molar-refractivity contribution in [3.05, 3.63) is 95.2 Å². The van der Waals surface area contributed by atoms with Gasteiger partial charge in [0.2, 0.25) is 0 Å². The average Bonchev–Trinajstić information content (AvgIpc) is 3.54. The van der Waals surface area contributed by atoms with Gasteiger partial charge in [-0.25, -0.2) is 14.4 Å². The zero-order valence-corrected chi connectivity index (χ0v) is 19.3. The molecule has 0 saturated carbocycles. The molecule has 4 aromatic rings. The third-order valence-electron chi connectivity index (χ3n) is 6.42. The second-order valence-electron chi connectivity index (χ2n) is 8.60. The normalized spacial score (nSPS) is 17.6. The molecule has 0 radical (unpaired) electrons. The first-order valence-electron chi connectivity index (χ1n) is 11.3. The van der Waals surface area contributed by atoms with Crippen molar-refractivity contribution >= 4 is 23.1 Å². The number of benzene rings is 1. The number of nitrogens with zero attached hydrogens (tertiary/aromatic N) is 5. The smallest absolute Gasteiger partial charge is 0.295 e. The highest BCUT2D eigenvalue weighted by molar-refractivity contribution is 6.46. The fourth-order valence-corrected chi connectivity index (χ4v) is 4.65. The van der Waals surface area contributed by atoms with Gasteiger partial charge in [-0.3, -0.25) is 9.59 Å². The van der Waals surface area contributed by atoms with E-state index >= 15 is 0 Å². The lowest BCUT2D eigenvalue weighted by atomic mass is 9.96. The number of rotatable bonds is 6. The van der Waals surface area contributed by atoms with Crippen LogP contribution in [0.3, 0.4) is 0 Å². The Labute approximate surface area is 201 Å². The number of carbonyl (C=O) groups excluding carboxylic acids is 2. The number of pyridine rings is 1. The Balaban J connectivity index is 1.62. The molecule has 9 heteroatoms. The number of Topliss-reactive ketones (excluding diaryl/α,β-unsaturated/α-hetero) is 1. The van der Waals surface area contributed by atoms with Gasteiger partial charge in [0.15, 0.2) is 5.76 Å². The molecule has 0 spiro atoms. The van der Waals surface area contributed by atoms with Crippen LogP contribution in [-0.2, 0) is 16.1 Å². The number of hydrogen-bond donors (Lipinski definition) is 1. The SMILES string of the molecule is Cc1cccn2c(C)c(/C(O)=C3\C(=O)C(=O)N(CCCn4ccnc4)C3c3ccccc3F)nc12. The molecule has 1 unspecified atom stereocenters. The highest BCUT2D eigenvalue weighted by Gasteiger charge is 2.47. The number of aliphatic hydroxyl groups excluding tert-OH is 1. The maximum Gasteiger partial charge on any atom is 0.295 e. The molecule has 3 aromatic heterocycles. The number of amides is 1. The number of likely N-dealkylation sites (tertiary alicyclic amines) is 1. The standard InChI is InChI=1S/C26H24FN5O3/c1-16-7-5-12-31-17(2)21(29-25(16)31)23(33)20-22(18-8-3-4-9-19(18)27)32(26(35)24(20)34)13-6-11-30-14-10-28-15-30/h3-5,7-10,12,14-15,22,33H,6,11,13H2,1-2H3/b23-20+. The lowest BCUT2D eigenvalue weighted by molar-refractivity contribution is -0.140. The van der Waals surface area contributed by atoms with Crippen molar-refractivity contribution in [3.63, 3.8) is 0 Å². The Kier molecular flexibility index (Phi) is 5.68. The average molecular weight is 474 g/mol. The Bertz CT molecular complexity index is 1470. The molecule has 1 aromatic carbocycles. The van der Waals surface area contributed by atoms with Crippen LogP contribution in [-0.4, -0.2) is 47.2 Å². The Morgan fingerprint density at radius 2 is 1.89 bits per heavy atom. The maximum absolute atomic E-state index is 15.0. The van der Waals surface area contributed by atoms with E-state index in [1.165, 1.54) is 17.0 Å². The fraction of sp³-hybridized carbons (Fsp3) is 0.231. The van der Waals surface area contributed by atoms with Crippen LogP contribution in [0.15, 0.2) is 66.9 Å². The van der Waals surface area contributed by atoms with E-state index in [1.54, 1.807) is 37.8 Å². The first-order chi connectivity index (χ1) is 16.9. The van der Waals surface area contributed by atoms with Crippen LogP contribution >= 0.6 is 0 Å². The van der Waals surface area contributed by atoms with Crippen LogP contribution in [0, 0.1) is 19.7 Å². The molecule has 35 heavy (non-hydrogen) atoms. The molecule has 1 saturated heterocycles. The van der Waals surface area contributed by atoms with Gasteiger partial charge in [-0.2, -0.15) is 0 Å². The Morgan fingerprint density at radius 3 is 2.60 bits per heavy atom. The molecule has 8 nitrogen and oxygen atoms in total. The van der Waals surface area contributed by atoms with Gasteiger partial charge in [0.1, 0.15) is 17.2 Å². The van der Waals surface area contributed by atoms with Crippen LogP contribution in [0.2, 0.25) is 0 Å². The predicted octanol–water partition coefficient (Wildman–Crippen LogP) is 3.80. The van der Waals surface area contributed by atoms with Gasteiger partial charge in [0, 0.05) is 37.2 Å². The molecule has 0 aliphatic carbocycles. The molecule has 0 bridgehead atoms. The molecule has 5 rings (SSSR count). The topological polar surface area (TPSA) is 92.7 Å². The highest BCUT2D eigenvalue weighted by atomic mass is 19.1. The monoisotopic (exact) mass is 473 g/mol. The first kappa shape index (κ1) is 22.5. The number of imidazole rings is 2. The van der Waals surface area contributed by atoms with Crippen LogP contribution in [0.4, 0.5) is 4.39 Å². The Morgan fingerprint density at radius 1 is 1.09 bits per heavy atom. The third-order valence-corrected chi connectivity index (χ3v) is 6.42. The minimum absolute atomic E-state index is 0.147. The van der Waals surface area contributed by atoms with Gasteiger partial charge >= 0.3 is 0 Å². The molecular formula is C26H24FN5O3. The summed E-state index contributed by atoms with van der Waals surface area (Å²) in [5.74, 6) is -2.60. The molecule has 1 aliphatic heterocycles. The van der Waals surface area contributed by atoms with Crippen LogP contribution < -0.4 is 0 Å². The van der Waals surface area contributed by atoms with Gasteiger partial charge in [-0.1, -0.05) is 24.3 Å². The van der Waals surface area contributed by atoms with Crippen LogP contribution in [0.5, 0.6) is 0 Å². The van der Waals surface area contributed by atoms with Crippen molar-refractivity contribution in [3.8, 4) is 0 Å². The van der Waals surface area contributed by atoms with Crippen molar-refractivity contribution in [1.82, 2.24) is 23.8 Å². The van der Waals surface area contributed by atoms with Gasteiger partial charge < -0.3 is 19.0 Å². The molecular weight excluding hydrogens is 449 g/mol. The van der Waals surface area contributed by atoms with Crippen molar-refractivity contribution in [2.45, 2.75) is 32.9 Å². The van der Waals surface area contributed by atoms with E-state index in [1.807, 2.05) is 34.2 Å². The number of fused-ring (bicyclic) bond motifs is 1. The van der Waals surface area contributed by atoms with Crippen LogP contribution in [0.1, 0.15) is 35.0 Å². The first-order valence-corrected chi connectivity index (χ1v) is 11.3. The van der Waals surface area contributed by atoms with Crippen molar-refractivity contribution < 1.29 is 19.1 Å². The quantitative estimate of drug-likeness (QED) is 0.261. The summed E-state index contributed by atoms with van der Waals surface area (Å²) in [7, 11) is 0. The summed E-state index contributed by atoms with van der Waals surface area (Å²) in [5, 5.41) is 11.4. The number of hydrogen-bond acceptors (Lipinski definition) is 5. The minimum atomic E-state index is -1.07. The third kappa shape index (κ3) is 3.78. The summed E-state index contributed by atoms with van der Waals surface area (Å²) in [6, 6.07) is 8.68. The summed E-state index contributed by atoms with van der Waals surface area (Å²) >= 11 is 0. The van der Waals surface area contributed by atoms with E-state index in [-0.39, 0.29) is 23.4 Å². The van der Waals surface area contributed by atoms with Gasteiger partial charge in [-0.05, 0) is 38.0 Å². The summed E-state index contributed by atoms with van der Waals surface area (Å²) in [4.78, 5) is 36.2. The second kappa shape index (κ2) is 8.83. The van der Waals surface area contributed by atoms with Crippen LogP contribution in [0.25, 0.3) is 11.4 Å². The lowest BCUT2D eigenvalue weighted by Gasteiger charge is -2.25. The summed E-state index contributed by atoms with van der Waals surface area (Å²) in [6.07, 6.45) is 7.45. The molecule has 1 N–H and O–H groups in total. The number of aromatic nitrogens is 4. The summed E-state index contributed by atoms with van der Waals surface area (Å²) < 4.78 is 18.6. The molecule has 1 aliphatic rings. The Hall–Kier alpha value is -4.27. The minimum Gasteiger partial charge on any atom is -0.505 e. The van der Waals surface area contributed by atoms with Crippen molar-refractivity contribution in [2.75, 3.05) is 6.54 Å². The van der Waals surface area contributed by atoms with E-state index < -0.39 is 29.3 Å². The summed E-state index contributed by atoms with van der Waals surface area (Å²) in [5.41, 5.74) is 2.31. The zero-order chi connectivity index (χ0) is 24.7. The molecule has 1 atom stereocenters. The number of carbonyl (C=O) groups is 2. The van der Waals surface area contributed by atoms with Crippen molar-refractivity contribution in [1.29, 1.82) is 0 Å². The highest BCUT2D eigenvalue weighted by Crippen LogP contribution is 2.40. The zero-order valence-electron chi connectivity index (χ0n) is 19.3. The van der Waals surface area contributed by atoms with E-state index in [0.717, 1.165) is 5.56 Å². The largest absolute Gasteiger partial charge is 0.505 e. The molecule has 1 fully saturated rings. The van der Waals surface area contributed by atoms with E-state index in [0.29, 0.717) is 24.3 Å². The number of halogens is 1. The molecule has 178 valence electrons. The van der Waals surface area contributed by atoms with E-state index in [9.17, 15) is 19.1 Å². The maximum atomic E-state index is 15.0. The van der Waals surface area contributed by atoms with Gasteiger partial charge in [0.25, 0.3) is 11.7 Å².